The smallest absolute Gasteiger partial charge is 0.127 e. The van der Waals surface area contributed by atoms with E-state index in [1.807, 2.05) is 18.2 Å². The van der Waals surface area contributed by atoms with Crippen molar-refractivity contribution in [3.63, 3.8) is 0 Å². The highest BCUT2D eigenvalue weighted by Crippen LogP contribution is 2.27. The third-order valence-electron chi connectivity index (χ3n) is 3.04. The molecule has 0 radical (unpaired) electrons. The fraction of sp³-hybridized carbons (Fsp3) is 0.571. The van der Waals surface area contributed by atoms with Gasteiger partial charge in [-0.25, -0.2) is 0 Å². The minimum absolute atomic E-state index is 0.755. The van der Waals surface area contributed by atoms with E-state index in [1.165, 1.54) is 0 Å². The van der Waals surface area contributed by atoms with Crippen molar-refractivity contribution in [1.82, 2.24) is 10.2 Å². The van der Waals surface area contributed by atoms with Crippen LogP contribution < -0.4 is 14.8 Å². The van der Waals surface area contributed by atoms with Gasteiger partial charge in [0.15, 0.2) is 0 Å². The molecule has 4 heteroatoms. The molecule has 18 heavy (non-hydrogen) atoms. The summed E-state index contributed by atoms with van der Waals surface area (Å²) in [6.45, 7) is 5.97. The molecule has 0 bridgehead atoms. The predicted molar refractivity (Wildman–Crippen MR) is 74.4 cm³/mol. The lowest BCUT2D eigenvalue weighted by atomic mass is 10.1. The van der Waals surface area contributed by atoms with Gasteiger partial charge in [-0.05, 0) is 25.7 Å². The van der Waals surface area contributed by atoms with Crippen LogP contribution in [0.3, 0.4) is 0 Å². The topological polar surface area (TPSA) is 33.7 Å². The third-order valence-corrected chi connectivity index (χ3v) is 3.04. The van der Waals surface area contributed by atoms with Gasteiger partial charge in [0.1, 0.15) is 11.5 Å². The molecule has 0 aliphatic heterocycles. The molecular formula is C14H24N2O2. The van der Waals surface area contributed by atoms with Gasteiger partial charge in [0.2, 0.25) is 0 Å². The highest BCUT2D eigenvalue weighted by Gasteiger charge is 2.08. The van der Waals surface area contributed by atoms with Gasteiger partial charge in [0.05, 0.1) is 14.2 Å². The van der Waals surface area contributed by atoms with Crippen molar-refractivity contribution >= 4 is 0 Å². The Kier molecular flexibility index (Phi) is 6.54. The van der Waals surface area contributed by atoms with Crippen LogP contribution >= 0.6 is 0 Å². The maximum Gasteiger partial charge on any atom is 0.127 e. The Bertz CT molecular complexity index is 333. The first-order valence-corrected chi connectivity index (χ1v) is 6.32. The fourth-order valence-electron chi connectivity index (χ4n) is 1.74. The molecule has 0 saturated heterocycles. The number of hydrogen-bond acceptors (Lipinski definition) is 4. The highest BCUT2D eigenvalue weighted by molar-refractivity contribution is 5.44. The zero-order valence-electron chi connectivity index (χ0n) is 11.8. The SMILES string of the molecule is CCN(C)CCNCc1c(OC)cccc1OC. The Morgan fingerprint density at radius 1 is 1.17 bits per heavy atom. The van der Waals surface area contributed by atoms with Gasteiger partial charge in [-0.3, -0.25) is 0 Å². The molecule has 102 valence electrons. The van der Waals surface area contributed by atoms with Gasteiger partial charge < -0.3 is 19.7 Å². The van der Waals surface area contributed by atoms with Crippen molar-refractivity contribution in [3.05, 3.63) is 23.8 Å². The van der Waals surface area contributed by atoms with Crippen LogP contribution in [0.25, 0.3) is 0 Å². The van der Waals surface area contributed by atoms with E-state index in [1.54, 1.807) is 14.2 Å². The van der Waals surface area contributed by atoms with Crippen LogP contribution in [-0.4, -0.2) is 45.8 Å². The standard InChI is InChI=1S/C14H24N2O2/c1-5-16(2)10-9-15-11-12-13(17-3)7-6-8-14(12)18-4/h6-8,15H,5,9-11H2,1-4H3. The molecule has 1 aromatic rings. The minimum atomic E-state index is 0.755. The van der Waals surface area contributed by atoms with Crippen molar-refractivity contribution in [2.24, 2.45) is 0 Å². The summed E-state index contributed by atoms with van der Waals surface area (Å²) >= 11 is 0. The average Bonchev–Trinajstić information content (AvgIpc) is 2.42. The Balaban J connectivity index is 2.55. The van der Waals surface area contributed by atoms with E-state index in [0.29, 0.717) is 0 Å². The second-order valence-electron chi connectivity index (χ2n) is 4.21. The van der Waals surface area contributed by atoms with Crippen LogP contribution in [0.15, 0.2) is 18.2 Å². The highest BCUT2D eigenvalue weighted by atomic mass is 16.5. The van der Waals surface area contributed by atoms with Gasteiger partial charge in [-0.2, -0.15) is 0 Å². The van der Waals surface area contributed by atoms with E-state index in [4.69, 9.17) is 9.47 Å². The molecule has 0 fully saturated rings. The van der Waals surface area contributed by atoms with E-state index < -0.39 is 0 Å². The summed E-state index contributed by atoms with van der Waals surface area (Å²) in [5.74, 6) is 1.73. The zero-order chi connectivity index (χ0) is 13.4. The number of hydrogen-bond donors (Lipinski definition) is 1. The van der Waals surface area contributed by atoms with Gasteiger partial charge >= 0.3 is 0 Å². The Hall–Kier alpha value is -1.26. The molecular weight excluding hydrogens is 228 g/mol. The number of ether oxygens (including phenoxy) is 2. The summed E-state index contributed by atoms with van der Waals surface area (Å²) in [4.78, 5) is 2.27. The molecule has 0 heterocycles. The van der Waals surface area contributed by atoms with Crippen LogP contribution in [0.1, 0.15) is 12.5 Å². The first-order chi connectivity index (χ1) is 8.72. The molecule has 1 rings (SSSR count). The summed E-state index contributed by atoms with van der Waals surface area (Å²) in [5.41, 5.74) is 1.07. The lowest BCUT2D eigenvalue weighted by molar-refractivity contribution is 0.345. The quantitative estimate of drug-likeness (QED) is 0.715. The van der Waals surface area contributed by atoms with Gasteiger partial charge in [-0.1, -0.05) is 13.0 Å². The third kappa shape index (κ3) is 4.20. The number of likely N-dealkylation sites (N-methyl/N-ethyl adjacent to an activating group) is 1. The summed E-state index contributed by atoms with van der Waals surface area (Å²) in [5, 5.41) is 3.41. The van der Waals surface area contributed by atoms with Crippen molar-refractivity contribution in [3.8, 4) is 11.5 Å². The molecule has 4 nitrogen and oxygen atoms in total. The van der Waals surface area contributed by atoms with Crippen molar-refractivity contribution in [1.29, 1.82) is 0 Å². The maximum absolute atomic E-state index is 5.36. The van der Waals surface area contributed by atoms with Gasteiger partial charge in [-0.15, -0.1) is 0 Å². The number of nitrogens with zero attached hydrogens (tertiary/aromatic N) is 1. The molecule has 1 aromatic carbocycles. The van der Waals surface area contributed by atoms with Crippen LogP contribution in [0.5, 0.6) is 11.5 Å². The summed E-state index contributed by atoms with van der Waals surface area (Å²) in [7, 11) is 5.48. The molecule has 0 saturated carbocycles. The summed E-state index contributed by atoms with van der Waals surface area (Å²) < 4.78 is 10.7. The predicted octanol–water partition coefficient (Wildman–Crippen LogP) is 1.75. The largest absolute Gasteiger partial charge is 0.496 e. The van der Waals surface area contributed by atoms with Crippen molar-refractivity contribution < 1.29 is 9.47 Å². The first-order valence-electron chi connectivity index (χ1n) is 6.32. The Labute approximate surface area is 110 Å². The van der Waals surface area contributed by atoms with Gasteiger partial charge in [0.25, 0.3) is 0 Å². The fourth-order valence-corrected chi connectivity index (χ4v) is 1.74. The molecule has 0 atom stereocenters. The van der Waals surface area contributed by atoms with Crippen LogP contribution in [-0.2, 0) is 6.54 Å². The number of benzene rings is 1. The molecule has 0 spiro atoms. The second-order valence-corrected chi connectivity index (χ2v) is 4.21. The van der Waals surface area contributed by atoms with Crippen molar-refractivity contribution in [2.75, 3.05) is 40.9 Å². The van der Waals surface area contributed by atoms with Crippen LogP contribution in [0.4, 0.5) is 0 Å². The van der Waals surface area contributed by atoms with Crippen molar-refractivity contribution in [2.45, 2.75) is 13.5 Å². The lowest BCUT2D eigenvalue weighted by Crippen LogP contribution is -2.28. The van der Waals surface area contributed by atoms with E-state index in [0.717, 1.165) is 43.2 Å². The van der Waals surface area contributed by atoms with E-state index >= 15 is 0 Å². The Morgan fingerprint density at radius 2 is 1.78 bits per heavy atom. The number of nitrogens with one attached hydrogen (secondary N) is 1. The zero-order valence-corrected chi connectivity index (χ0v) is 11.8. The second kappa shape index (κ2) is 7.95. The van der Waals surface area contributed by atoms with E-state index in [-0.39, 0.29) is 0 Å². The molecule has 0 aliphatic carbocycles. The minimum Gasteiger partial charge on any atom is -0.496 e. The number of rotatable bonds is 8. The molecule has 1 N–H and O–H groups in total. The monoisotopic (exact) mass is 252 g/mol. The maximum atomic E-state index is 5.36. The molecule has 0 aromatic heterocycles. The average molecular weight is 252 g/mol. The van der Waals surface area contributed by atoms with Crippen LogP contribution in [0.2, 0.25) is 0 Å². The molecule has 0 unspecified atom stereocenters. The van der Waals surface area contributed by atoms with E-state index in [2.05, 4.69) is 24.2 Å². The van der Waals surface area contributed by atoms with Gasteiger partial charge in [0, 0.05) is 25.2 Å². The van der Waals surface area contributed by atoms with E-state index in [9.17, 15) is 0 Å². The molecule has 0 aliphatic rings. The normalized spacial score (nSPS) is 10.7. The number of methoxy groups -OCH3 is 2. The first kappa shape index (κ1) is 14.8. The summed E-state index contributed by atoms with van der Waals surface area (Å²) in [6, 6.07) is 5.85. The van der Waals surface area contributed by atoms with Crippen LogP contribution in [0, 0.1) is 0 Å². The summed E-state index contributed by atoms with van der Waals surface area (Å²) in [6.07, 6.45) is 0. The lowest BCUT2D eigenvalue weighted by Gasteiger charge is -2.16. The molecule has 0 amide bonds. The Morgan fingerprint density at radius 3 is 2.28 bits per heavy atom.